The number of hydrogen-bond donors (Lipinski definition) is 0. The van der Waals surface area contributed by atoms with E-state index < -0.39 is 8.99 Å². The van der Waals surface area contributed by atoms with Crippen molar-refractivity contribution in [2.75, 3.05) is 6.54 Å². The lowest BCUT2D eigenvalue weighted by molar-refractivity contribution is 0.269. The molecule has 0 N–H and O–H groups in total. The molecule has 0 bridgehead atoms. The van der Waals surface area contributed by atoms with Gasteiger partial charge in [-0.2, -0.15) is 11.1 Å². The minimum absolute atomic E-state index is 0.411. The Hall–Kier alpha value is 0.467. The Kier molecular flexibility index (Phi) is 4.49. The Morgan fingerprint density at radius 2 is 2.00 bits per heavy atom. The second kappa shape index (κ2) is 5.17. The summed E-state index contributed by atoms with van der Waals surface area (Å²) in [5.41, 5.74) is 0. The Morgan fingerprint density at radius 1 is 1.36 bits per heavy atom. The average molecular weight is 192 g/mol. The molecule has 0 aromatic rings. The van der Waals surface area contributed by atoms with Crippen molar-refractivity contribution in [3.8, 4) is 0 Å². The first kappa shape index (κ1) is 9.55. The van der Waals surface area contributed by atoms with Crippen LogP contribution >= 0.6 is 11.1 Å². The van der Waals surface area contributed by atoms with Gasteiger partial charge < -0.3 is 4.57 Å². The highest BCUT2D eigenvalue weighted by Crippen LogP contribution is 2.21. The Balaban J connectivity index is 2.30. The van der Waals surface area contributed by atoms with Crippen molar-refractivity contribution in [3.05, 3.63) is 0 Å². The van der Waals surface area contributed by atoms with Crippen molar-refractivity contribution < 1.29 is 0 Å². The molecule has 0 aliphatic heterocycles. The minimum Gasteiger partial charge on any atom is -0.314 e. The smallest absolute Gasteiger partial charge is 0.198 e. The van der Waals surface area contributed by atoms with E-state index in [1.807, 2.05) is 0 Å². The molecule has 0 radical (unpaired) electrons. The van der Waals surface area contributed by atoms with E-state index in [4.69, 9.17) is 11.1 Å². The molecule has 1 fully saturated rings. The van der Waals surface area contributed by atoms with Gasteiger partial charge in [0.2, 0.25) is 0 Å². The van der Waals surface area contributed by atoms with Crippen LogP contribution in [0.15, 0.2) is 0 Å². The second-order valence-electron chi connectivity index (χ2n) is 3.32. The van der Waals surface area contributed by atoms with Gasteiger partial charge in [0.15, 0.2) is 8.99 Å². The van der Waals surface area contributed by atoms with E-state index in [1.54, 1.807) is 0 Å². The van der Waals surface area contributed by atoms with Crippen molar-refractivity contribution in [3.63, 3.8) is 0 Å². The van der Waals surface area contributed by atoms with E-state index in [1.165, 1.54) is 38.6 Å². The first-order valence-electron chi connectivity index (χ1n) is 4.68. The standard InChI is InChI=1S/C8H18ClNSi/c1-2-10(11-9)8-6-4-3-5-7-8/h8H,2-7,11H2,1H3. The highest BCUT2D eigenvalue weighted by atomic mass is 35.6. The van der Waals surface area contributed by atoms with Gasteiger partial charge in [0, 0.05) is 6.04 Å². The molecule has 11 heavy (non-hydrogen) atoms. The molecule has 0 unspecified atom stereocenters. The van der Waals surface area contributed by atoms with Crippen molar-refractivity contribution in [2.24, 2.45) is 0 Å². The maximum atomic E-state index is 5.97. The zero-order chi connectivity index (χ0) is 8.10. The van der Waals surface area contributed by atoms with Gasteiger partial charge in [0.1, 0.15) is 0 Å². The fourth-order valence-electron chi connectivity index (χ4n) is 1.89. The van der Waals surface area contributed by atoms with Crippen molar-refractivity contribution in [1.29, 1.82) is 0 Å². The summed E-state index contributed by atoms with van der Waals surface area (Å²) >= 11 is 5.97. The third-order valence-corrected chi connectivity index (χ3v) is 4.84. The molecule has 0 saturated heterocycles. The first-order valence-corrected chi connectivity index (χ1v) is 7.45. The van der Waals surface area contributed by atoms with Gasteiger partial charge in [0.05, 0.1) is 0 Å². The van der Waals surface area contributed by atoms with Gasteiger partial charge >= 0.3 is 0 Å². The molecular formula is C8H18ClNSi. The quantitative estimate of drug-likeness (QED) is 0.487. The molecule has 1 rings (SSSR count). The van der Waals surface area contributed by atoms with E-state index in [0.29, 0.717) is 0 Å². The van der Waals surface area contributed by atoms with Crippen molar-refractivity contribution >= 4 is 20.1 Å². The van der Waals surface area contributed by atoms with Gasteiger partial charge in [-0.1, -0.05) is 26.2 Å². The summed E-state index contributed by atoms with van der Waals surface area (Å²) in [4.78, 5) is 0. The molecule has 3 heteroatoms. The zero-order valence-corrected chi connectivity index (χ0v) is 9.52. The van der Waals surface area contributed by atoms with Crippen LogP contribution in [0.4, 0.5) is 0 Å². The van der Waals surface area contributed by atoms with Crippen LogP contribution in [-0.4, -0.2) is 26.1 Å². The van der Waals surface area contributed by atoms with Crippen LogP contribution in [0.1, 0.15) is 39.0 Å². The molecule has 66 valence electrons. The van der Waals surface area contributed by atoms with Crippen LogP contribution in [0.2, 0.25) is 0 Å². The largest absolute Gasteiger partial charge is 0.314 e. The maximum Gasteiger partial charge on any atom is 0.198 e. The van der Waals surface area contributed by atoms with Crippen LogP contribution in [0.25, 0.3) is 0 Å². The molecule has 1 aliphatic carbocycles. The summed E-state index contributed by atoms with van der Waals surface area (Å²) in [7, 11) is -0.411. The number of halogens is 1. The highest BCUT2D eigenvalue weighted by molar-refractivity contribution is 6.92. The highest BCUT2D eigenvalue weighted by Gasteiger charge is 2.18. The van der Waals surface area contributed by atoms with Gasteiger partial charge in [-0.3, -0.25) is 0 Å². The van der Waals surface area contributed by atoms with Gasteiger partial charge in [-0.25, -0.2) is 0 Å². The Bertz CT molecular complexity index is 100. The zero-order valence-electron chi connectivity index (χ0n) is 7.35. The Labute approximate surface area is 76.7 Å². The van der Waals surface area contributed by atoms with E-state index in [-0.39, 0.29) is 0 Å². The molecule has 1 aliphatic rings. The van der Waals surface area contributed by atoms with Crippen LogP contribution < -0.4 is 0 Å². The third-order valence-electron chi connectivity index (χ3n) is 2.65. The van der Waals surface area contributed by atoms with Gasteiger partial charge in [-0.05, 0) is 19.4 Å². The predicted octanol–water partition coefficient (Wildman–Crippen LogP) is 1.88. The lowest BCUT2D eigenvalue weighted by Gasteiger charge is -2.31. The molecule has 0 amide bonds. The number of rotatable bonds is 3. The lowest BCUT2D eigenvalue weighted by Crippen LogP contribution is -2.37. The van der Waals surface area contributed by atoms with E-state index in [9.17, 15) is 0 Å². The SMILES string of the molecule is CCN([SiH2]Cl)C1CCCCC1. The molecular weight excluding hydrogens is 174 g/mol. The maximum absolute atomic E-state index is 5.97. The minimum atomic E-state index is -0.411. The van der Waals surface area contributed by atoms with E-state index in [2.05, 4.69) is 11.5 Å². The molecule has 0 aromatic heterocycles. The first-order chi connectivity index (χ1) is 5.38. The van der Waals surface area contributed by atoms with Crippen LogP contribution in [-0.2, 0) is 0 Å². The van der Waals surface area contributed by atoms with Crippen LogP contribution in [0, 0.1) is 0 Å². The average Bonchev–Trinajstić information content (AvgIpc) is 2.09. The van der Waals surface area contributed by atoms with Gasteiger partial charge in [0.25, 0.3) is 0 Å². The molecule has 0 atom stereocenters. The topological polar surface area (TPSA) is 3.24 Å². The molecule has 0 aromatic carbocycles. The summed E-state index contributed by atoms with van der Waals surface area (Å²) in [6, 6.07) is 0.845. The summed E-state index contributed by atoms with van der Waals surface area (Å²) in [6.45, 7) is 3.39. The number of hydrogen-bond acceptors (Lipinski definition) is 1. The van der Waals surface area contributed by atoms with Crippen molar-refractivity contribution in [2.45, 2.75) is 45.1 Å². The van der Waals surface area contributed by atoms with Crippen LogP contribution in [0.3, 0.4) is 0 Å². The molecule has 1 saturated carbocycles. The normalized spacial score (nSPS) is 22.1. The summed E-state index contributed by atoms with van der Waals surface area (Å²) in [5.74, 6) is 0. The fourth-order valence-corrected chi connectivity index (χ4v) is 3.71. The van der Waals surface area contributed by atoms with Gasteiger partial charge in [-0.15, -0.1) is 0 Å². The monoisotopic (exact) mass is 191 g/mol. The van der Waals surface area contributed by atoms with Crippen molar-refractivity contribution in [1.82, 2.24) is 4.57 Å². The van der Waals surface area contributed by atoms with E-state index in [0.717, 1.165) is 6.04 Å². The molecule has 1 nitrogen and oxygen atoms in total. The predicted molar refractivity (Wildman–Crippen MR) is 53.7 cm³/mol. The van der Waals surface area contributed by atoms with Crippen LogP contribution in [0.5, 0.6) is 0 Å². The molecule has 0 spiro atoms. The Morgan fingerprint density at radius 3 is 2.45 bits per heavy atom. The molecule has 0 heterocycles. The summed E-state index contributed by atoms with van der Waals surface area (Å²) in [5, 5.41) is 0. The summed E-state index contributed by atoms with van der Waals surface area (Å²) in [6.07, 6.45) is 7.08. The van der Waals surface area contributed by atoms with E-state index >= 15 is 0 Å². The third kappa shape index (κ3) is 2.77. The second-order valence-corrected chi connectivity index (χ2v) is 5.08. The number of nitrogens with zero attached hydrogens (tertiary/aromatic N) is 1. The lowest BCUT2D eigenvalue weighted by atomic mass is 9.95. The fraction of sp³-hybridized carbons (Fsp3) is 1.00. The summed E-state index contributed by atoms with van der Waals surface area (Å²) < 4.78 is 2.51.